The van der Waals surface area contributed by atoms with Crippen LogP contribution in [0.1, 0.15) is 33.4 Å². The Labute approximate surface area is 295 Å². The fourth-order valence-corrected chi connectivity index (χ4v) is 5.86. The van der Waals surface area contributed by atoms with Crippen LogP contribution >= 0.6 is 0 Å². The summed E-state index contributed by atoms with van der Waals surface area (Å²) >= 11 is 0. The standard InChI is InChI=1S/C50H30/c1-3-37-29-41(35-49(31-37)43-15-7-5-8-16-43)23-21-39-13-11-19-47(33-39)45-25-27-46(28-26-45)48-20-12-14-40(34-48)22-24-42-30-38(4-2)32-50(36-42)44-17-9-6-10-18-44/h1-2,5-20,25-36H. The minimum absolute atomic E-state index is 0.814. The molecule has 0 saturated heterocycles. The molecule has 0 saturated carbocycles. The van der Waals surface area contributed by atoms with Gasteiger partial charge >= 0.3 is 0 Å². The van der Waals surface area contributed by atoms with Gasteiger partial charge in [-0.25, -0.2) is 0 Å². The molecule has 0 bridgehead atoms. The lowest BCUT2D eigenvalue weighted by Gasteiger charge is -2.06. The van der Waals surface area contributed by atoms with Gasteiger partial charge in [-0.3, -0.25) is 0 Å². The smallest absolute Gasteiger partial charge is 0.0267 e. The molecule has 7 aromatic carbocycles. The largest absolute Gasteiger partial charge is 0.115 e. The van der Waals surface area contributed by atoms with E-state index in [4.69, 9.17) is 12.8 Å². The number of hydrogen-bond acceptors (Lipinski definition) is 0. The van der Waals surface area contributed by atoms with E-state index >= 15 is 0 Å². The molecule has 0 N–H and O–H groups in total. The van der Waals surface area contributed by atoms with E-state index in [9.17, 15) is 0 Å². The van der Waals surface area contributed by atoms with Crippen LogP contribution in [-0.4, -0.2) is 0 Å². The number of benzene rings is 7. The maximum Gasteiger partial charge on any atom is 0.0267 e. The lowest BCUT2D eigenvalue weighted by molar-refractivity contribution is 1.55. The molecule has 0 nitrogen and oxygen atoms in total. The summed E-state index contributed by atoms with van der Waals surface area (Å²) < 4.78 is 0. The Balaban J connectivity index is 1.10. The van der Waals surface area contributed by atoms with Crippen molar-refractivity contribution in [3.63, 3.8) is 0 Å². The Morgan fingerprint density at radius 2 is 0.560 bits per heavy atom. The minimum atomic E-state index is 0.814. The van der Waals surface area contributed by atoms with Crippen molar-refractivity contribution in [2.24, 2.45) is 0 Å². The van der Waals surface area contributed by atoms with Crippen molar-refractivity contribution in [1.82, 2.24) is 0 Å². The highest BCUT2D eigenvalue weighted by Gasteiger charge is 2.05. The van der Waals surface area contributed by atoms with E-state index < -0.39 is 0 Å². The van der Waals surface area contributed by atoms with Gasteiger partial charge in [0.05, 0.1) is 0 Å². The predicted octanol–water partition coefficient (Wildman–Crippen LogP) is 11.1. The van der Waals surface area contributed by atoms with Gasteiger partial charge in [0.2, 0.25) is 0 Å². The molecule has 7 aromatic rings. The van der Waals surface area contributed by atoms with Gasteiger partial charge in [0.15, 0.2) is 0 Å². The predicted molar refractivity (Wildman–Crippen MR) is 209 cm³/mol. The molecule has 0 fully saturated rings. The van der Waals surface area contributed by atoms with E-state index in [1.165, 1.54) is 0 Å². The molecular weight excluding hydrogens is 601 g/mol. The first-order chi connectivity index (χ1) is 24.6. The summed E-state index contributed by atoms with van der Waals surface area (Å²) in [5, 5.41) is 0. The molecule has 0 atom stereocenters. The van der Waals surface area contributed by atoms with E-state index in [0.717, 1.165) is 77.9 Å². The highest BCUT2D eigenvalue weighted by molar-refractivity contribution is 5.73. The zero-order valence-electron chi connectivity index (χ0n) is 27.3. The van der Waals surface area contributed by atoms with Crippen molar-refractivity contribution in [3.8, 4) is 92.9 Å². The molecule has 7 rings (SSSR count). The van der Waals surface area contributed by atoms with Crippen LogP contribution in [0.2, 0.25) is 0 Å². The van der Waals surface area contributed by atoms with Crippen LogP contribution in [0.5, 0.6) is 0 Å². The van der Waals surface area contributed by atoms with E-state index in [1.54, 1.807) is 0 Å². The van der Waals surface area contributed by atoms with Crippen molar-refractivity contribution in [2.75, 3.05) is 0 Å². The summed E-state index contributed by atoms with van der Waals surface area (Å²) in [5.74, 6) is 18.9. The van der Waals surface area contributed by atoms with E-state index in [0.29, 0.717) is 0 Å². The monoisotopic (exact) mass is 630 g/mol. The zero-order chi connectivity index (χ0) is 34.1. The fraction of sp³-hybridized carbons (Fsp3) is 0. The van der Waals surface area contributed by atoms with Crippen molar-refractivity contribution >= 4 is 0 Å². The first-order valence-corrected chi connectivity index (χ1v) is 16.3. The summed E-state index contributed by atoms with van der Waals surface area (Å²) in [7, 11) is 0. The molecule has 0 unspecified atom stereocenters. The van der Waals surface area contributed by atoms with Crippen molar-refractivity contribution in [1.29, 1.82) is 0 Å². The summed E-state index contributed by atoms with van der Waals surface area (Å²) in [6, 6.07) is 57.8. The van der Waals surface area contributed by atoms with Gasteiger partial charge in [-0.1, -0.05) is 145 Å². The highest BCUT2D eigenvalue weighted by Crippen LogP contribution is 2.27. The van der Waals surface area contributed by atoms with E-state index in [2.05, 4.69) is 120 Å². The molecule has 0 radical (unpaired) electrons. The first-order valence-electron chi connectivity index (χ1n) is 16.3. The molecule has 0 aliphatic carbocycles. The maximum absolute atomic E-state index is 5.77. The minimum Gasteiger partial charge on any atom is -0.115 e. The summed E-state index contributed by atoms with van der Waals surface area (Å²) in [6.45, 7) is 0. The third-order valence-corrected chi connectivity index (χ3v) is 8.39. The van der Waals surface area contributed by atoms with Crippen LogP contribution in [0, 0.1) is 48.4 Å². The molecule has 0 aromatic heterocycles. The highest BCUT2D eigenvalue weighted by atomic mass is 14.1. The van der Waals surface area contributed by atoms with Crippen molar-refractivity contribution in [2.45, 2.75) is 0 Å². The Bertz CT molecular complexity index is 2350. The van der Waals surface area contributed by atoms with Gasteiger partial charge < -0.3 is 0 Å². The van der Waals surface area contributed by atoms with Crippen LogP contribution in [0.25, 0.3) is 44.5 Å². The van der Waals surface area contributed by atoms with Crippen molar-refractivity contribution < 1.29 is 0 Å². The second kappa shape index (κ2) is 14.7. The van der Waals surface area contributed by atoms with Crippen LogP contribution in [0.15, 0.2) is 170 Å². The van der Waals surface area contributed by atoms with E-state index in [-0.39, 0.29) is 0 Å². The van der Waals surface area contributed by atoms with Crippen LogP contribution < -0.4 is 0 Å². The normalized spacial score (nSPS) is 10.0. The topological polar surface area (TPSA) is 0 Å². The van der Waals surface area contributed by atoms with Gasteiger partial charge in [-0.2, -0.15) is 0 Å². The second-order valence-corrected chi connectivity index (χ2v) is 11.9. The van der Waals surface area contributed by atoms with Crippen LogP contribution in [0.4, 0.5) is 0 Å². The Morgan fingerprint density at radius 1 is 0.240 bits per heavy atom. The van der Waals surface area contributed by atoms with Crippen LogP contribution in [0.3, 0.4) is 0 Å². The molecule has 50 heavy (non-hydrogen) atoms. The molecule has 230 valence electrons. The van der Waals surface area contributed by atoms with Gasteiger partial charge in [-0.15, -0.1) is 12.8 Å². The number of hydrogen-bond donors (Lipinski definition) is 0. The lowest BCUT2D eigenvalue weighted by atomic mass is 9.98. The molecular formula is C50H30. The first kappa shape index (κ1) is 31.4. The molecule has 0 aliphatic heterocycles. The Kier molecular flexibility index (Phi) is 9.22. The van der Waals surface area contributed by atoms with Crippen molar-refractivity contribution in [3.05, 3.63) is 203 Å². The van der Waals surface area contributed by atoms with Gasteiger partial charge in [0.25, 0.3) is 0 Å². The SMILES string of the molecule is C#Cc1cc(C#Cc2cccc(-c3ccc(-c4cccc(C#Cc5cc(C#C)cc(-c6ccccc6)c5)c4)cc3)c2)cc(-c2ccccc2)c1. The third kappa shape index (κ3) is 7.50. The second-order valence-electron chi connectivity index (χ2n) is 11.9. The quantitative estimate of drug-likeness (QED) is 0.170. The third-order valence-electron chi connectivity index (χ3n) is 8.39. The molecule has 0 spiro atoms. The number of terminal acetylenes is 2. The van der Waals surface area contributed by atoms with Gasteiger partial charge in [-0.05, 0) is 105 Å². The summed E-state index contributed by atoms with van der Waals surface area (Å²) in [5.41, 5.74) is 14.1. The average Bonchev–Trinajstić information content (AvgIpc) is 3.20. The van der Waals surface area contributed by atoms with Gasteiger partial charge in [0, 0.05) is 33.4 Å². The summed E-state index contributed by atoms with van der Waals surface area (Å²) in [4.78, 5) is 0. The molecule has 0 amide bonds. The lowest BCUT2D eigenvalue weighted by Crippen LogP contribution is -1.86. The Morgan fingerprint density at radius 3 is 0.960 bits per heavy atom. The maximum atomic E-state index is 5.77. The van der Waals surface area contributed by atoms with Crippen LogP contribution in [-0.2, 0) is 0 Å². The Hall–Kier alpha value is -7.22. The zero-order valence-corrected chi connectivity index (χ0v) is 27.3. The molecule has 0 heterocycles. The average molecular weight is 631 g/mol. The number of rotatable bonds is 4. The molecule has 0 heteroatoms. The van der Waals surface area contributed by atoms with Gasteiger partial charge in [0.1, 0.15) is 0 Å². The molecule has 0 aliphatic rings. The van der Waals surface area contributed by atoms with E-state index in [1.807, 2.05) is 84.9 Å². The summed E-state index contributed by atoms with van der Waals surface area (Å²) in [6.07, 6.45) is 11.5. The fourth-order valence-electron chi connectivity index (χ4n) is 5.86.